The summed E-state index contributed by atoms with van der Waals surface area (Å²) in [6, 6.07) is 3.04. The van der Waals surface area contributed by atoms with Crippen molar-refractivity contribution in [1.29, 1.82) is 0 Å². The summed E-state index contributed by atoms with van der Waals surface area (Å²) in [7, 11) is 0. The zero-order valence-corrected chi connectivity index (χ0v) is 8.74. The summed E-state index contributed by atoms with van der Waals surface area (Å²) in [5, 5.41) is 10.7. The second-order valence-corrected chi connectivity index (χ2v) is 3.32. The molecule has 1 aromatic rings. The molecule has 0 aliphatic heterocycles. The summed E-state index contributed by atoms with van der Waals surface area (Å²) >= 11 is 3.07. The highest BCUT2D eigenvalue weighted by atomic mass is 79.9. The van der Waals surface area contributed by atoms with Crippen LogP contribution in [0.25, 0.3) is 0 Å². The zero-order chi connectivity index (χ0) is 10.7. The lowest BCUT2D eigenvalue weighted by Crippen LogP contribution is -1.91. The van der Waals surface area contributed by atoms with Crippen molar-refractivity contribution in [3.05, 3.63) is 32.3 Å². The van der Waals surface area contributed by atoms with Gasteiger partial charge in [-0.15, -0.1) is 0 Å². The molecular formula is C8H5BrN2O3. The maximum atomic E-state index is 10.7. The number of nitro benzene ring substituents is 1. The minimum Gasteiger partial charge on any atom is -0.258 e. The van der Waals surface area contributed by atoms with E-state index in [1.165, 1.54) is 12.1 Å². The molecule has 0 fully saturated rings. The summed E-state index contributed by atoms with van der Waals surface area (Å²) in [4.78, 5) is 23.3. The standard InChI is InChI=1S/C8H5BrN2O3/c1-5-2-3-6(10-4-12)8(7(5)9)11(13)14/h2-3H,1H3. The number of carbonyl (C=O) groups excluding carboxylic acids is 1. The van der Waals surface area contributed by atoms with Gasteiger partial charge >= 0.3 is 5.69 Å². The van der Waals surface area contributed by atoms with Crippen LogP contribution in [0.4, 0.5) is 11.4 Å². The lowest BCUT2D eigenvalue weighted by Gasteiger charge is -2.00. The van der Waals surface area contributed by atoms with Gasteiger partial charge in [0.2, 0.25) is 6.08 Å². The van der Waals surface area contributed by atoms with E-state index in [1.807, 2.05) is 0 Å². The van der Waals surface area contributed by atoms with Crippen LogP contribution in [0.5, 0.6) is 0 Å². The van der Waals surface area contributed by atoms with Gasteiger partial charge in [0.15, 0.2) is 5.69 Å². The van der Waals surface area contributed by atoms with Gasteiger partial charge in [-0.3, -0.25) is 10.1 Å². The molecule has 1 rings (SSSR count). The van der Waals surface area contributed by atoms with Crippen molar-refractivity contribution in [2.45, 2.75) is 6.92 Å². The Morgan fingerprint density at radius 3 is 2.71 bits per heavy atom. The molecule has 6 heteroatoms. The molecule has 0 aromatic heterocycles. The number of rotatable bonds is 2. The van der Waals surface area contributed by atoms with Crippen molar-refractivity contribution >= 4 is 33.4 Å². The van der Waals surface area contributed by atoms with Gasteiger partial charge in [0, 0.05) is 0 Å². The van der Waals surface area contributed by atoms with Gasteiger partial charge < -0.3 is 0 Å². The van der Waals surface area contributed by atoms with Crippen molar-refractivity contribution < 1.29 is 9.72 Å². The number of hydrogen-bond acceptors (Lipinski definition) is 4. The van der Waals surface area contributed by atoms with Crippen LogP contribution in [-0.2, 0) is 4.79 Å². The summed E-state index contributed by atoms with van der Waals surface area (Å²) in [5.41, 5.74) is 0.498. The van der Waals surface area contributed by atoms with Gasteiger partial charge in [-0.1, -0.05) is 6.07 Å². The van der Waals surface area contributed by atoms with Crippen molar-refractivity contribution in [2.24, 2.45) is 4.99 Å². The molecule has 0 saturated carbocycles. The summed E-state index contributed by atoms with van der Waals surface area (Å²) in [6.45, 7) is 1.71. The molecule has 0 aliphatic carbocycles. The Labute approximate surface area is 87.7 Å². The van der Waals surface area contributed by atoms with Crippen LogP contribution in [0.2, 0.25) is 0 Å². The molecule has 0 saturated heterocycles. The van der Waals surface area contributed by atoms with Crippen molar-refractivity contribution in [1.82, 2.24) is 0 Å². The summed E-state index contributed by atoms with van der Waals surface area (Å²) < 4.78 is 0.332. The smallest absolute Gasteiger partial charge is 0.258 e. The van der Waals surface area contributed by atoms with E-state index in [-0.39, 0.29) is 11.4 Å². The molecule has 5 nitrogen and oxygen atoms in total. The first-order valence-corrected chi connectivity index (χ1v) is 4.38. The Balaban J connectivity index is 3.52. The van der Waals surface area contributed by atoms with Gasteiger partial charge in [0.25, 0.3) is 0 Å². The first kappa shape index (κ1) is 10.6. The third-order valence-corrected chi connectivity index (χ3v) is 2.64. The number of benzene rings is 1. The summed E-state index contributed by atoms with van der Waals surface area (Å²) in [6.07, 6.45) is 1.28. The monoisotopic (exact) mass is 256 g/mol. The Morgan fingerprint density at radius 2 is 2.21 bits per heavy atom. The largest absolute Gasteiger partial charge is 0.310 e. The van der Waals surface area contributed by atoms with E-state index in [1.54, 1.807) is 13.0 Å². The fourth-order valence-corrected chi connectivity index (χ4v) is 1.45. The average Bonchev–Trinajstić information content (AvgIpc) is 2.11. The highest BCUT2D eigenvalue weighted by Crippen LogP contribution is 2.36. The minimum atomic E-state index is -0.590. The lowest BCUT2D eigenvalue weighted by atomic mass is 10.2. The van der Waals surface area contributed by atoms with Gasteiger partial charge in [0.1, 0.15) is 4.47 Å². The molecular weight excluding hydrogens is 252 g/mol. The van der Waals surface area contributed by atoms with Crippen LogP contribution >= 0.6 is 15.9 Å². The predicted octanol–water partition coefficient (Wildman–Crippen LogP) is 2.63. The van der Waals surface area contributed by atoms with Crippen LogP contribution in [0, 0.1) is 17.0 Å². The predicted molar refractivity (Wildman–Crippen MR) is 53.3 cm³/mol. The Morgan fingerprint density at radius 1 is 1.57 bits per heavy atom. The molecule has 0 aliphatic rings. The van der Waals surface area contributed by atoms with E-state index in [4.69, 9.17) is 0 Å². The van der Waals surface area contributed by atoms with E-state index in [9.17, 15) is 14.9 Å². The topological polar surface area (TPSA) is 72.6 Å². The van der Waals surface area contributed by atoms with Crippen LogP contribution in [0.15, 0.2) is 21.6 Å². The van der Waals surface area contributed by atoms with Gasteiger partial charge in [-0.25, -0.2) is 4.79 Å². The first-order chi connectivity index (χ1) is 6.57. The normalized spacial score (nSPS) is 9.29. The van der Waals surface area contributed by atoms with Gasteiger partial charge in [0.05, 0.1) is 4.92 Å². The van der Waals surface area contributed by atoms with Crippen LogP contribution in [0.1, 0.15) is 5.56 Å². The average molecular weight is 257 g/mol. The van der Waals surface area contributed by atoms with Crippen LogP contribution in [-0.4, -0.2) is 11.0 Å². The second-order valence-electron chi connectivity index (χ2n) is 2.52. The van der Waals surface area contributed by atoms with Crippen molar-refractivity contribution in [3.8, 4) is 0 Å². The molecule has 72 valence electrons. The van der Waals surface area contributed by atoms with Crippen LogP contribution in [0.3, 0.4) is 0 Å². The quantitative estimate of drug-likeness (QED) is 0.354. The molecule has 0 radical (unpaired) electrons. The highest BCUT2D eigenvalue weighted by Gasteiger charge is 2.19. The Hall–Kier alpha value is -1.52. The number of aliphatic imine (C=N–C) groups is 1. The molecule has 0 atom stereocenters. The number of nitro groups is 1. The highest BCUT2D eigenvalue weighted by molar-refractivity contribution is 9.10. The maximum absolute atomic E-state index is 10.7. The first-order valence-electron chi connectivity index (χ1n) is 3.59. The number of isocyanates is 1. The van der Waals surface area contributed by atoms with Gasteiger partial charge in [-0.2, -0.15) is 4.99 Å². The fourth-order valence-electron chi connectivity index (χ4n) is 0.968. The van der Waals surface area contributed by atoms with Gasteiger partial charge in [-0.05, 0) is 34.5 Å². The third kappa shape index (κ3) is 1.86. The second kappa shape index (κ2) is 4.13. The number of halogens is 1. The van der Waals surface area contributed by atoms with E-state index in [2.05, 4.69) is 20.9 Å². The van der Waals surface area contributed by atoms with Crippen molar-refractivity contribution in [3.63, 3.8) is 0 Å². The molecule has 0 heterocycles. The molecule has 0 spiro atoms. The molecule has 0 N–H and O–H groups in total. The molecule has 0 amide bonds. The van der Waals surface area contributed by atoms with E-state index < -0.39 is 4.92 Å². The fraction of sp³-hybridized carbons (Fsp3) is 0.125. The minimum absolute atomic E-state index is 0.00229. The third-order valence-electron chi connectivity index (χ3n) is 1.64. The van der Waals surface area contributed by atoms with Crippen molar-refractivity contribution in [2.75, 3.05) is 0 Å². The zero-order valence-electron chi connectivity index (χ0n) is 7.15. The Bertz CT molecular complexity index is 438. The molecule has 1 aromatic carbocycles. The van der Waals surface area contributed by atoms with E-state index in [0.29, 0.717) is 10.0 Å². The number of hydrogen-bond donors (Lipinski definition) is 0. The molecule has 0 unspecified atom stereocenters. The maximum Gasteiger partial charge on any atom is 0.310 e. The lowest BCUT2D eigenvalue weighted by molar-refractivity contribution is -0.384. The summed E-state index contributed by atoms with van der Waals surface area (Å²) in [5.74, 6) is 0. The Kier molecular flexibility index (Phi) is 3.11. The molecule has 0 bridgehead atoms. The van der Waals surface area contributed by atoms with E-state index in [0.717, 1.165) is 0 Å². The number of nitrogens with zero attached hydrogens (tertiary/aromatic N) is 2. The molecule has 14 heavy (non-hydrogen) atoms. The van der Waals surface area contributed by atoms with Crippen LogP contribution < -0.4 is 0 Å². The number of aryl methyl sites for hydroxylation is 1. The SMILES string of the molecule is Cc1ccc(N=C=O)c([N+](=O)[O-])c1Br. The van der Waals surface area contributed by atoms with E-state index >= 15 is 0 Å².